The van der Waals surface area contributed by atoms with Gasteiger partial charge in [-0.3, -0.25) is 4.79 Å². The van der Waals surface area contributed by atoms with Crippen molar-refractivity contribution in [2.75, 3.05) is 11.9 Å². The number of carbonyl (C=O) groups is 2. The van der Waals surface area contributed by atoms with E-state index in [9.17, 15) is 9.59 Å². The quantitative estimate of drug-likeness (QED) is 0.886. The van der Waals surface area contributed by atoms with Crippen LogP contribution in [0.25, 0.3) is 0 Å². The third-order valence-electron chi connectivity index (χ3n) is 3.68. The molecule has 2 rings (SSSR count). The zero-order valence-electron chi connectivity index (χ0n) is 11.7. The maximum Gasteiger partial charge on any atom is 0.336 e. The number of aryl methyl sites for hydroxylation is 1. The monoisotopic (exact) mass is 277 g/mol. The van der Waals surface area contributed by atoms with Gasteiger partial charge in [-0.15, -0.1) is 0 Å². The highest BCUT2D eigenvalue weighted by molar-refractivity contribution is 5.96. The molecule has 1 saturated heterocycles. The molecule has 1 aliphatic heterocycles. The Bertz CT molecular complexity index is 527. The Morgan fingerprint density at radius 1 is 1.45 bits per heavy atom. The molecule has 0 aliphatic carbocycles. The van der Waals surface area contributed by atoms with Crippen molar-refractivity contribution in [1.82, 2.24) is 0 Å². The maximum atomic E-state index is 12.2. The van der Waals surface area contributed by atoms with E-state index in [4.69, 9.17) is 9.84 Å². The number of hydrogen-bond acceptors (Lipinski definition) is 3. The molecule has 0 aromatic heterocycles. The SMILES string of the molecule is CCC1OCCC1C(=O)Nc1ccc(C)c(C(=O)O)c1. The summed E-state index contributed by atoms with van der Waals surface area (Å²) < 4.78 is 5.50. The van der Waals surface area contributed by atoms with Crippen molar-refractivity contribution >= 4 is 17.6 Å². The van der Waals surface area contributed by atoms with Crippen LogP contribution < -0.4 is 5.32 Å². The van der Waals surface area contributed by atoms with E-state index < -0.39 is 5.97 Å². The number of nitrogens with one attached hydrogen (secondary N) is 1. The molecule has 108 valence electrons. The number of ether oxygens (including phenoxy) is 1. The third kappa shape index (κ3) is 2.99. The number of carbonyl (C=O) groups excluding carboxylic acids is 1. The Balaban J connectivity index is 2.12. The van der Waals surface area contributed by atoms with Crippen LogP contribution in [0.5, 0.6) is 0 Å². The minimum Gasteiger partial charge on any atom is -0.478 e. The summed E-state index contributed by atoms with van der Waals surface area (Å²) >= 11 is 0. The minimum atomic E-state index is -0.991. The average molecular weight is 277 g/mol. The van der Waals surface area contributed by atoms with Crippen LogP contribution >= 0.6 is 0 Å². The first kappa shape index (κ1) is 14.5. The van der Waals surface area contributed by atoms with Crippen LogP contribution in [-0.4, -0.2) is 29.7 Å². The van der Waals surface area contributed by atoms with Crippen LogP contribution in [0.4, 0.5) is 5.69 Å². The van der Waals surface area contributed by atoms with Crippen LogP contribution in [0.15, 0.2) is 18.2 Å². The molecule has 5 heteroatoms. The van der Waals surface area contributed by atoms with Gasteiger partial charge in [-0.2, -0.15) is 0 Å². The smallest absolute Gasteiger partial charge is 0.336 e. The standard InChI is InChI=1S/C15H19NO4/c1-3-13-11(6-7-20-13)14(17)16-10-5-4-9(2)12(8-10)15(18)19/h4-5,8,11,13H,3,6-7H2,1-2H3,(H,16,17)(H,18,19). The lowest BCUT2D eigenvalue weighted by molar-refractivity contribution is -0.121. The summed E-state index contributed by atoms with van der Waals surface area (Å²) in [6, 6.07) is 4.91. The number of rotatable bonds is 4. The van der Waals surface area contributed by atoms with E-state index in [1.165, 1.54) is 6.07 Å². The van der Waals surface area contributed by atoms with Gasteiger partial charge >= 0.3 is 5.97 Å². The molecule has 20 heavy (non-hydrogen) atoms. The number of hydrogen-bond donors (Lipinski definition) is 2. The largest absolute Gasteiger partial charge is 0.478 e. The third-order valence-corrected chi connectivity index (χ3v) is 3.68. The molecule has 2 unspecified atom stereocenters. The van der Waals surface area contributed by atoms with Crippen molar-refractivity contribution in [3.05, 3.63) is 29.3 Å². The Kier molecular flexibility index (Phi) is 4.39. The summed E-state index contributed by atoms with van der Waals surface area (Å²) in [5.74, 6) is -1.25. The summed E-state index contributed by atoms with van der Waals surface area (Å²) in [6.45, 7) is 4.32. The molecular formula is C15H19NO4. The summed E-state index contributed by atoms with van der Waals surface area (Å²) in [6.07, 6.45) is 1.47. The fraction of sp³-hybridized carbons (Fsp3) is 0.467. The summed E-state index contributed by atoms with van der Waals surface area (Å²) in [4.78, 5) is 23.3. The fourth-order valence-corrected chi connectivity index (χ4v) is 2.52. The van der Waals surface area contributed by atoms with E-state index >= 15 is 0 Å². The zero-order valence-corrected chi connectivity index (χ0v) is 11.7. The van der Waals surface area contributed by atoms with Gasteiger partial charge in [0, 0.05) is 12.3 Å². The van der Waals surface area contributed by atoms with Gasteiger partial charge in [0.1, 0.15) is 0 Å². The first-order valence-electron chi connectivity index (χ1n) is 6.79. The van der Waals surface area contributed by atoms with E-state index in [-0.39, 0.29) is 23.5 Å². The van der Waals surface area contributed by atoms with Crippen LogP contribution in [0.2, 0.25) is 0 Å². The molecule has 1 amide bonds. The van der Waals surface area contributed by atoms with Crippen LogP contribution in [0.1, 0.15) is 35.7 Å². The van der Waals surface area contributed by atoms with Gasteiger partial charge in [0.25, 0.3) is 0 Å². The molecule has 0 spiro atoms. The molecular weight excluding hydrogens is 258 g/mol. The average Bonchev–Trinajstić information content (AvgIpc) is 2.89. The first-order valence-corrected chi connectivity index (χ1v) is 6.79. The van der Waals surface area contributed by atoms with Gasteiger partial charge < -0.3 is 15.2 Å². The molecule has 1 aromatic carbocycles. The number of amides is 1. The Morgan fingerprint density at radius 2 is 2.20 bits per heavy atom. The number of benzene rings is 1. The molecule has 2 atom stereocenters. The number of aromatic carboxylic acids is 1. The maximum absolute atomic E-state index is 12.2. The van der Waals surface area contributed by atoms with Crippen LogP contribution in [0.3, 0.4) is 0 Å². The van der Waals surface area contributed by atoms with E-state index in [0.29, 0.717) is 24.3 Å². The lowest BCUT2D eigenvalue weighted by Crippen LogP contribution is -2.29. The number of anilines is 1. The van der Waals surface area contributed by atoms with Gasteiger partial charge in [-0.1, -0.05) is 13.0 Å². The van der Waals surface area contributed by atoms with E-state index in [1.807, 2.05) is 6.92 Å². The van der Waals surface area contributed by atoms with Crippen LogP contribution in [-0.2, 0) is 9.53 Å². The van der Waals surface area contributed by atoms with Crippen molar-refractivity contribution < 1.29 is 19.4 Å². The van der Waals surface area contributed by atoms with Crippen molar-refractivity contribution in [2.45, 2.75) is 32.8 Å². The number of carboxylic acids is 1. The second-order valence-electron chi connectivity index (χ2n) is 5.04. The Hall–Kier alpha value is -1.88. The van der Waals surface area contributed by atoms with Crippen molar-refractivity contribution in [3.63, 3.8) is 0 Å². The normalized spacial score (nSPS) is 21.7. The van der Waals surface area contributed by atoms with Crippen molar-refractivity contribution in [2.24, 2.45) is 5.92 Å². The predicted molar refractivity (Wildman–Crippen MR) is 74.9 cm³/mol. The lowest BCUT2D eigenvalue weighted by Gasteiger charge is -2.16. The Morgan fingerprint density at radius 3 is 2.85 bits per heavy atom. The molecule has 1 aromatic rings. The summed E-state index contributed by atoms with van der Waals surface area (Å²) in [5, 5.41) is 11.9. The molecule has 1 heterocycles. The molecule has 1 fully saturated rings. The highest BCUT2D eigenvalue weighted by Crippen LogP contribution is 2.25. The topological polar surface area (TPSA) is 75.6 Å². The second-order valence-corrected chi connectivity index (χ2v) is 5.04. The molecule has 2 N–H and O–H groups in total. The zero-order chi connectivity index (χ0) is 14.7. The van der Waals surface area contributed by atoms with Gasteiger partial charge in [-0.25, -0.2) is 4.79 Å². The van der Waals surface area contributed by atoms with Crippen LogP contribution in [0, 0.1) is 12.8 Å². The van der Waals surface area contributed by atoms with E-state index in [2.05, 4.69) is 5.32 Å². The fourth-order valence-electron chi connectivity index (χ4n) is 2.52. The van der Waals surface area contributed by atoms with Gasteiger partial charge in [0.05, 0.1) is 17.6 Å². The predicted octanol–water partition coefficient (Wildman–Crippen LogP) is 2.45. The van der Waals surface area contributed by atoms with Crippen molar-refractivity contribution in [1.29, 1.82) is 0 Å². The second kappa shape index (κ2) is 6.05. The summed E-state index contributed by atoms with van der Waals surface area (Å²) in [5.41, 5.74) is 1.39. The highest BCUT2D eigenvalue weighted by atomic mass is 16.5. The minimum absolute atomic E-state index is 0.0422. The van der Waals surface area contributed by atoms with E-state index in [1.54, 1.807) is 19.1 Å². The first-order chi connectivity index (χ1) is 9.52. The number of carboxylic acid groups (broad SMARTS) is 1. The molecule has 0 radical (unpaired) electrons. The molecule has 0 saturated carbocycles. The van der Waals surface area contributed by atoms with Gasteiger partial charge in [0.15, 0.2) is 0 Å². The van der Waals surface area contributed by atoms with Gasteiger partial charge in [-0.05, 0) is 37.5 Å². The molecule has 5 nitrogen and oxygen atoms in total. The highest BCUT2D eigenvalue weighted by Gasteiger charge is 2.32. The molecule has 0 bridgehead atoms. The van der Waals surface area contributed by atoms with Gasteiger partial charge in [0.2, 0.25) is 5.91 Å². The molecule has 1 aliphatic rings. The van der Waals surface area contributed by atoms with E-state index in [0.717, 1.165) is 6.42 Å². The lowest BCUT2D eigenvalue weighted by atomic mass is 9.98. The van der Waals surface area contributed by atoms with Crippen molar-refractivity contribution in [3.8, 4) is 0 Å². The Labute approximate surface area is 117 Å². The summed E-state index contributed by atoms with van der Waals surface area (Å²) in [7, 11) is 0.